The molecule has 2 saturated heterocycles. The van der Waals surface area contributed by atoms with Crippen molar-refractivity contribution in [2.24, 2.45) is 0 Å². The Hall–Kier alpha value is -1.12. The van der Waals surface area contributed by atoms with E-state index >= 15 is 0 Å². The van der Waals surface area contributed by atoms with Gasteiger partial charge >= 0.3 is 6.18 Å². The van der Waals surface area contributed by atoms with Gasteiger partial charge in [-0.15, -0.1) is 0 Å². The lowest BCUT2D eigenvalue weighted by Gasteiger charge is -2.48. The normalized spacial score (nSPS) is 28.7. The van der Waals surface area contributed by atoms with Gasteiger partial charge in [0.15, 0.2) is 0 Å². The van der Waals surface area contributed by atoms with Crippen LogP contribution in [0.15, 0.2) is 6.33 Å². The van der Waals surface area contributed by atoms with Crippen LogP contribution in [-0.4, -0.2) is 59.0 Å². The first-order valence-electron chi connectivity index (χ1n) is 7.37. The molecule has 0 aromatic carbocycles. The maximum Gasteiger partial charge on any atom is 0.401 e. The average Bonchev–Trinajstić information content (AvgIpc) is 2.43. The molecule has 1 aromatic rings. The second-order valence-corrected chi connectivity index (χ2v) is 6.30. The van der Waals surface area contributed by atoms with Gasteiger partial charge in [0.05, 0.1) is 19.8 Å². The van der Waals surface area contributed by atoms with Crippen molar-refractivity contribution in [2.45, 2.75) is 44.1 Å². The lowest BCUT2D eigenvalue weighted by atomic mass is 9.91. The molecule has 0 aliphatic carbocycles. The quantitative estimate of drug-likeness (QED) is 0.783. The second-order valence-electron chi connectivity index (χ2n) is 5.94. The van der Waals surface area contributed by atoms with E-state index in [1.807, 2.05) is 0 Å². The minimum absolute atomic E-state index is 0.206. The summed E-state index contributed by atoms with van der Waals surface area (Å²) in [6.45, 7) is 1.42. The highest BCUT2D eigenvalue weighted by atomic mass is 35.5. The number of ether oxygens (including phenoxy) is 2. The molecule has 0 amide bonds. The van der Waals surface area contributed by atoms with Gasteiger partial charge in [-0.05, 0) is 6.92 Å². The lowest BCUT2D eigenvalue weighted by Crippen LogP contribution is -2.60. The van der Waals surface area contributed by atoms with Crippen LogP contribution in [0, 0.1) is 6.92 Å². The highest BCUT2D eigenvalue weighted by Gasteiger charge is 2.44. The topological polar surface area (TPSA) is 47.5 Å². The van der Waals surface area contributed by atoms with E-state index in [1.165, 1.54) is 11.2 Å². The predicted octanol–water partition coefficient (Wildman–Crippen LogP) is 2.61. The molecule has 3 atom stereocenters. The van der Waals surface area contributed by atoms with Gasteiger partial charge in [-0.25, -0.2) is 9.97 Å². The lowest BCUT2D eigenvalue weighted by molar-refractivity contribution is -0.187. The number of fused-ring (bicyclic) bond motifs is 2. The van der Waals surface area contributed by atoms with Crippen LogP contribution >= 0.6 is 11.6 Å². The fourth-order valence-corrected chi connectivity index (χ4v) is 3.32. The van der Waals surface area contributed by atoms with Crippen LogP contribution < -0.4 is 4.74 Å². The Labute approximate surface area is 136 Å². The number of alkyl halides is 3. The summed E-state index contributed by atoms with van der Waals surface area (Å²) in [6.07, 6.45) is -2.17. The number of aromatic nitrogens is 2. The van der Waals surface area contributed by atoms with Gasteiger partial charge in [0.1, 0.15) is 17.6 Å². The SMILES string of the molecule is Cc1c(Cl)ncnc1OC1CC2COC[C@@H](C1)N2CC(F)(F)F. The first-order chi connectivity index (χ1) is 10.8. The van der Waals surface area contributed by atoms with Crippen LogP contribution in [-0.2, 0) is 4.74 Å². The third kappa shape index (κ3) is 3.87. The number of piperidine rings is 1. The molecule has 2 bridgehead atoms. The Morgan fingerprint density at radius 2 is 1.96 bits per heavy atom. The zero-order valence-corrected chi connectivity index (χ0v) is 13.3. The summed E-state index contributed by atoms with van der Waals surface area (Å²) in [5, 5.41) is 0.313. The third-order valence-corrected chi connectivity index (χ3v) is 4.63. The highest BCUT2D eigenvalue weighted by Crippen LogP contribution is 2.33. The van der Waals surface area contributed by atoms with E-state index in [0.29, 0.717) is 29.4 Å². The summed E-state index contributed by atoms with van der Waals surface area (Å²) in [6, 6.07) is -0.599. The first-order valence-corrected chi connectivity index (χ1v) is 7.75. The van der Waals surface area contributed by atoms with Gasteiger partial charge in [0, 0.05) is 30.5 Å². The molecule has 2 unspecified atom stereocenters. The van der Waals surface area contributed by atoms with E-state index in [2.05, 4.69) is 9.97 Å². The molecular formula is C14H17ClF3N3O2. The van der Waals surface area contributed by atoms with Crippen molar-refractivity contribution in [2.75, 3.05) is 19.8 Å². The predicted molar refractivity (Wildman–Crippen MR) is 76.6 cm³/mol. The summed E-state index contributed by atoms with van der Waals surface area (Å²) in [5.74, 6) is 0.387. The molecule has 3 heterocycles. The van der Waals surface area contributed by atoms with Crippen molar-refractivity contribution in [3.8, 4) is 5.88 Å². The largest absolute Gasteiger partial charge is 0.474 e. The van der Waals surface area contributed by atoms with E-state index in [0.717, 1.165) is 0 Å². The van der Waals surface area contributed by atoms with Gasteiger partial charge in [-0.2, -0.15) is 13.2 Å². The molecule has 2 aliphatic heterocycles. The molecule has 0 N–H and O–H groups in total. The number of rotatable bonds is 3. The molecule has 3 rings (SSSR count). The van der Waals surface area contributed by atoms with Crippen LogP contribution in [0.4, 0.5) is 13.2 Å². The van der Waals surface area contributed by atoms with Crippen LogP contribution in [0.25, 0.3) is 0 Å². The number of morpholine rings is 1. The molecule has 23 heavy (non-hydrogen) atoms. The van der Waals surface area contributed by atoms with Crippen molar-refractivity contribution in [3.05, 3.63) is 17.0 Å². The molecule has 2 aliphatic rings. The Morgan fingerprint density at radius 1 is 1.30 bits per heavy atom. The minimum Gasteiger partial charge on any atom is -0.474 e. The van der Waals surface area contributed by atoms with Crippen LogP contribution in [0.1, 0.15) is 18.4 Å². The number of halogens is 4. The van der Waals surface area contributed by atoms with Crippen molar-refractivity contribution in [1.29, 1.82) is 0 Å². The monoisotopic (exact) mass is 351 g/mol. The Morgan fingerprint density at radius 3 is 2.57 bits per heavy atom. The molecular weight excluding hydrogens is 335 g/mol. The summed E-state index contributed by atoms with van der Waals surface area (Å²) < 4.78 is 49.5. The van der Waals surface area contributed by atoms with E-state index in [9.17, 15) is 13.2 Å². The molecule has 9 heteroatoms. The molecule has 1 aromatic heterocycles. The smallest absolute Gasteiger partial charge is 0.401 e. The van der Waals surface area contributed by atoms with Crippen molar-refractivity contribution in [1.82, 2.24) is 14.9 Å². The number of hydrogen-bond acceptors (Lipinski definition) is 5. The van der Waals surface area contributed by atoms with E-state index < -0.39 is 12.7 Å². The molecule has 0 radical (unpaired) electrons. The third-order valence-electron chi connectivity index (χ3n) is 4.24. The summed E-state index contributed by atoms with van der Waals surface area (Å²) >= 11 is 5.94. The molecule has 5 nitrogen and oxygen atoms in total. The highest BCUT2D eigenvalue weighted by molar-refractivity contribution is 6.30. The van der Waals surface area contributed by atoms with Crippen molar-refractivity contribution >= 4 is 11.6 Å². The zero-order chi connectivity index (χ0) is 16.6. The molecule has 2 fully saturated rings. The fraction of sp³-hybridized carbons (Fsp3) is 0.714. The Bertz CT molecular complexity index is 559. The zero-order valence-electron chi connectivity index (χ0n) is 12.5. The maximum atomic E-state index is 12.7. The summed E-state index contributed by atoms with van der Waals surface area (Å²) in [5.41, 5.74) is 0.633. The summed E-state index contributed by atoms with van der Waals surface area (Å²) in [4.78, 5) is 9.42. The molecule has 0 spiro atoms. The minimum atomic E-state index is -4.21. The van der Waals surface area contributed by atoms with Gasteiger partial charge in [0.25, 0.3) is 0 Å². The van der Waals surface area contributed by atoms with Crippen molar-refractivity contribution < 1.29 is 22.6 Å². The Balaban J connectivity index is 1.70. The van der Waals surface area contributed by atoms with E-state index in [-0.39, 0.29) is 31.4 Å². The average molecular weight is 352 g/mol. The summed E-state index contributed by atoms with van der Waals surface area (Å²) in [7, 11) is 0. The van der Waals surface area contributed by atoms with Crippen LogP contribution in [0.3, 0.4) is 0 Å². The second kappa shape index (κ2) is 6.41. The van der Waals surface area contributed by atoms with E-state index in [1.54, 1.807) is 6.92 Å². The number of nitrogens with zero attached hydrogens (tertiary/aromatic N) is 3. The number of hydrogen-bond donors (Lipinski definition) is 0. The van der Waals surface area contributed by atoms with Gasteiger partial charge < -0.3 is 9.47 Å². The van der Waals surface area contributed by atoms with Gasteiger partial charge in [-0.3, -0.25) is 4.90 Å². The fourth-order valence-electron chi connectivity index (χ4n) is 3.19. The van der Waals surface area contributed by atoms with Crippen molar-refractivity contribution in [3.63, 3.8) is 0 Å². The van der Waals surface area contributed by atoms with Crippen LogP contribution in [0.2, 0.25) is 5.15 Å². The van der Waals surface area contributed by atoms with Gasteiger partial charge in [0.2, 0.25) is 5.88 Å². The van der Waals surface area contributed by atoms with Crippen LogP contribution in [0.5, 0.6) is 5.88 Å². The maximum absolute atomic E-state index is 12.7. The Kier molecular flexibility index (Phi) is 4.66. The standard InChI is InChI=1S/C14H17ClF3N3O2/c1-8-12(15)19-7-20-13(8)23-11-2-9-4-22-5-10(3-11)21(9)6-14(16,17)18/h7,9-11H,2-6H2,1H3/t9-,10?,11?/m1/s1. The van der Waals surface area contributed by atoms with E-state index in [4.69, 9.17) is 21.1 Å². The first kappa shape index (κ1) is 16.7. The van der Waals surface area contributed by atoms with Gasteiger partial charge in [-0.1, -0.05) is 11.6 Å². The molecule has 0 saturated carbocycles. The molecule has 128 valence electrons.